The molecular weight excluding hydrogens is 288 g/mol. The zero-order valence-electron chi connectivity index (χ0n) is 12.2. The van der Waals surface area contributed by atoms with Gasteiger partial charge in [0.15, 0.2) is 0 Å². The lowest BCUT2D eigenvalue weighted by molar-refractivity contribution is -0.0119. The number of morpholine rings is 1. The van der Waals surface area contributed by atoms with Crippen molar-refractivity contribution in [2.24, 2.45) is 0 Å². The summed E-state index contributed by atoms with van der Waals surface area (Å²) >= 11 is 5.90. The first-order chi connectivity index (χ1) is 10.1. The van der Waals surface area contributed by atoms with Crippen LogP contribution in [0.3, 0.4) is 0 Å². The molecule has 21 heavy (non-hydrogen) atoms. The van der Waals surface area contributed by atoms with E-state index in [-0.39, 0.29) is 6.10 Å². The molecule has 5 heteroatoms. The van der Waals surface area contributed by atoms with E-state index < -0.39 is 0 Å². The lowest BCUT2D eigenvalue weighted by Gasteiger charge is -2.28. The smallest absolute Gasteiger partial charge is 0.225 e. The van der Waals surface area contributed by atoms with E-state index in [1.165, 1.54) is 5.56 Å². The molecule has 1 saturated heterocycles. The first-order valence-corrected chi connectivity index (χ1v) is 7.53. The number of aryl methyl sites for hydroxylation is 2. The summed E-state index contributed by atoms with van der Waals surface area (Å²) in [6.07, 6.45) is 0.826. The van der Waals surface area contributed by atoms with Crippen LogP contribution in [0.15, 0.2) is 28.7 Å². The van der Waals surface area contributed by atoms with Crippen LogP contribution in [0.4, 0.5) is 0 Å². The van der Waals surface area contributed by atoms with Crippen molar-refractivity contribution in [1.82, 2.24) is 10.3 Å². The highest BCUT2D eigenvalue weighted by atomic mass is 35.5. The van der Waals surface area contributed by atoms with E-state index in [4.69, 9.17) is 20.8 Å². The average molecular weight is 307 g/mol. The number of nitrogens with one attached hydrogen (secondary N) is 1. The van der Waals surface area contributed by atoms with Crippen molar-refractivity contribution in [1.29, 1.82) is 0 Å². The number of hydrogen-bond acceptors (Lipinski definition) is 4. The lowest BCUT2D eigenvalue weighted by atomic mass is 10.1. The van der Waals surface area contributed by atoms with E-state index in [0.29, 0.717) is 18.5 Å². The van der Waals surface area contributed by atoms with Crippen LogP contribution in [-0.2, 0) is 11.2 Å². The number of nitrogens with zero attached hydrogens (tertiary/aromatic N) is 1. The van der Waals surface area contributed by atoms with Gasteiger partial charge in [-0.15, -0.1) is 0 Å². The largest absolute Gasteiger partial charge is 0.443 e. The van der Waals surface area contributed by atoms with Gasteiger partial charge < -0.3 is 14.5 Å². The lowest BCUT2D eigenvalue weighted by Crippen LogP contribution is -2.44. The fourth-order valence-corrected chi connectivity index (χ4v) is 2.58. The van der Waals surface area contributed by atoms with Crippen LogP contribution < -0.4 is 5.32 Å². The molecule has 3 rings (SSSR count). The molecule has 1 aromatic heterocycles. The molecule has 2 atom stereocenters. The third-order valence-corrected chi connectivity index (χ3v) is 4.06. The van der Waals surface area contributed by atoms with Gasteiger partial charge >= 0.3 is 0 Å². The second kappa shape index (κ2) is 6.18. The maximum absolute atomic E-state index is 5.90. The van der Waals surface area contributed by atoms with Crippen molar-refractivity contribution in [2.75, 3.05) is 13.2 Å². The number of aromatic nitrogens is 1. The molecule has 0 radical (unpaired) electrons. The number of rotatable bonds is 3. The normalized spacial score (nSPS) is 22.4. The van der Waals surface area contributed by atoms with Gasteiger partial charge in [-0.25, -0.2) is 4.98 Å². The summed E-state index contributed by atoms with van der Waals surface area (Å²) in [6.45, 7) is 5.23. The molecule has 2 aromatic rings. The van der Waals surface area contributed by atoms with Crippen molar-refractivity contribution >= 4 is 11.6 Å². The molecule has 2 heterocycles. The molecule has 1 N–H and O–H groups in total. The highest BCUT2D eigenvalue weighted by Gasteiger charge is 2.26. The monoisotopic (exact) mass is 306 g/mol. The van der Waals surface area contributed by atoms with Gasteiger partial charge in [0, 0.05) is 17.6 Å². The molecule has 112 valence electrons. The van der Waals surface area contributed by atoms with Gasteiger partial charge in [0.05, 0.1) is 12.3 Å². The van der Waals surface area contributed by atoms with Gasteiger partial charge in [0.25, 0.3) is 0 Å². The fraction of sp³-hybridized carbons (Fsp3) is 0.438. The Morgan fingerprint density at radius 1 is 1.29 bits per heavy atom. The van der Waals surface area contributed by atoms with Crippen LogP contribution in [0.1, 0.15) is 29.0 Å². The fourth-order valence-electron chi connectivity index (χ4n) is 2.45. The minimum Gasteiger partial charge on any atom is -0.443 e. The Morgan fingerprint density at radius 2 is 2.05 bits per heavy atom. The second-order valence-corrected chi connectivity index (χ2v) is 5.89. The van der Waals surface area contributed by atoms with Crippen molar-refractivity contribution in [2.45, 2.75) is 32.4 Å². The van der Waals surface area contributed by atoms with Crippen molar-refractivity contribution in [3.05, 3.63) is 52.2 Å². The summed E-state index contributed by atoms with van der Waals surface area (Å²) < 4.78 is 11.5. The van der Waals surface area contributed by atoms with Gasteiger partial charge in [-0.2, -0.15) is 0 Å². The van der Waals surface area contributed by atoms with E-state index >= 15 is 0 Å². The number of oxazole rings is 1. The zero-order valence-corrected chi connectivity index (χ0v) is 13.0. The standard InChI is InChI=1S/C16H19ClN2O2/c1-10-11(2)21-16(19-10)15-8-18-14(9-20-15)7-12-3-5-13(17)6-4-12/h3-6,14-15,18H,7-9H2,1-2H3/t14-,15+/m0/s1. The predicted molar refractivity (Wildman–Crippen MR) is 81.6 cm³/mol. The number of halogens is 1. The Hall–Kier alpha value is -1.36. The summed E-state index contributed by atoms with van der Waals surface area (Å²) in [7, 11) is 0. The van der Waals surface area contributed by atoms with Crippen LogP contribution in [-0.4, -0.2) is 24.2 Å². The van der Waals surface area contributed by atoms with E-state index in [1.54, 1.807) is 0 Å². The van der Waals surface area contributed by atoms with Gasteiger partial charge in [-0.3, -0.25) is 0 Å². The van der Waals surface area contributed by atoms with Gasteiger partial charge in [-0.1, -0.05) is 23.7 Å². The first kappa shape index (κ1) is 14.6. The van der Waals surface area contributed by atoms with E-state index in [0.717, 1.165) is 29.4 Å². The maximum Gasteiger partial charge on any atom is 0.225 e. The maximum atomic E-state index is 5.90. The molecule has 0 saturated carbocycles. The molecule has 1 aromatic carbocycles. The van der Waals surface area contributed by atoms with Crippen molar-refractivity contribution in [3.8, 4) is 0 Å². The molecule has 0 bridgehead atoms. The Kier molecular flexibility index (Phi) is 4.29. The minimum atomic E-state index is -0.0983. The Bertz CT molecular complexity index is 582. The van der Waals surface area contributed by atoms with Gasteiger partial charge in [-0.05, 0) is 38.0 Å². The number of benzene rings is 1. The van der Waals surface area contributed by atoms with Crippen LogP contribution in [0.5, 0.6) is 0 Å². The molecule has 1 aliphatic rings. The SMILES string of the molecule is Cc1nc([C@H]2CN[C@@H](Cc3ccc(Cl)cc3)CO2)oc1C. The van der Waals surface area contributed by atoms with Gasteiger partial charge in [0.2, 0.25) is 5.89 Å². The molecule has 1 aliphatic heterocycles. The van der Waals surface area contributed by atoms with E-state index in [2.05, 4.69) is 22.4 Å². The Balaban J connectivity index is 1.56. The summed E-state index contributed by atoms with van der Waals surface area (Å²) in [5, 5.41) is 4.27. The van der Waals surface area contributed by atoms with E-state index in [9.17, 15) is 0 Å². The third-order valence-electron chi connectivity index (χ3n) is 3.81. The van der Waals surface area contributed by atoms with Crippen LogP contribution in [0.2, 0.25) is 5.02 Å². The third kappa shape index (κ3) is 3.46. The summed E-state index contributed by atoms with van der Waals surface area (Å²) in [5.41, 5.74) is 2.18. The topological polar surface area (TPSA) is 47.3 Å². The van der Waals surface area contributed by atoms with Gasteiger partial charge in [0.1, 0.15) is 11.9 Å². The molecule has 0 spiro atoms. The van der Waals surface area contributed by atoms with Crippen LogP contribution in [0.25, 0.3) is 0 Å². The van der Waals surface area contributed by atoms with Crippen LogP contribution in [0, 0.1) is 13.8 Å². The van der Waals surface area contributed by atoms with Crippen molar-refractivity contribution in [3.63, 3.8) is 0 Å². The quantitative estimate of drug-likeness (QED) is 0.946. The number of hydrogen-bond donors (Lipinski definition) is 1. The molecule has 1 fully saturated rings. The highest BCUT2D eigenvalue weighted by Crippen LogP contribution is 2.22. The summed E-state index contributed by atoms with van der Waals surface area (Å²) in [6, 6.07) is 8.25. The number of ether oxygens (including phenoxy) is 1. The Morgan fingerprint density at radius 3 is 2.62 bits per heavy atom. The van der Waals surface area contributed by atoms with E-state index in [1.807, 2.05) is 26.0 Å². The molecule has 0 aliphatic carbocycles. The van der Waals surface area contributed by atoms with Crippen molar-refractivity contribution < 1.29 is 9.15 Å². The zero-order chi connectivity index (χ0) is 14.8. The Labute approximate surface area is 129 Å². The first-order valence-electron chi connectivity index (χ1n) is 7.15. The molecular formula is C16H19ClN2O2. The second-order valence-electron chi connectivity index (χ2n) is 5.45. The highest BCUT2D eigenvalue weighted by molar-refractivity contribution is 6.30. The average Bonchev–Trinajstić information content (AvgIpc) is 2.82. The summed E-state index contributed by atoms with van der Waals surface area (Å²) in [5.74, 6) is 1.53. The summed E-state index contributed by atoms with van der Waals surface area (Å²) in [4.78, 5) is 4.41. The molecule has 4 nitrogen and oxygen atoms in total. The van der Waals surface area contributed by atoms with Crippen LogP contribution >= 0.6 is 11.6 Å². The molecule has 0 unspecified atom stereocenters. The molecule has 0 amide bonds. The minimum absolute atomic E-state index is 0.0983. The predicted octanol–water partition coefficient (Wildman–Crippen LogP) is 3.22.